The number of halogens is 1. The van der Waals surface area contributed by atoms with Gasteiger partial charge < -0.3 is 15.2 Å². The second-order valence-electron chi connectivity index (χ2n) is 4.18. The number of methoxy groups -OCH3 is 1. The van der Waals surface area contributed by atoms with E-state index in [9.17, 15) is 4.79 Å². The van der Waals surface area contributed by atoms with Crippen molar-refractivity contribution in [3.8, 4) is 0 Å². The van der Waals surface area contributed by atoms with Gasteiger partial charge in [0.25, 0.3) is 0 Å². The molecule has 0 saturated heterocycles. The summed E-state index contributed by atoms with van der Waals surface area (Å²) in [4.78, 5) is 10.5. The molecule has 5 heteroatoms. The predicted molar refractivity (Wildman–Crippen MR) is 74.8 cm³/mol. The number of nitrogens with one attached hydrogen (secondary N) is 1. The van der Waals surface area contributed by atoms with E-state index < -0.39 is 5.97 Å². The first kappa shape index (κ1) is 15.0. The molecule has 0 fully saturated rings. The highest BCUT2D eigenvalue weighted by atomic mass is 79.9. The molecule has 1 unspecified atom stereocenters. The van der Waals surface area contributed by atoms with Gasteiger partial charge in [-0.15, -0.1) is 0 Å². The van der Waals surface area contributed by atoms with Crippen LogP contribution < -0.4 is 5.32 Å². The van der Waals surface area contributed by atoms with Crippen LogP contribution in [0.3, 0.4) is 0 Å². The van der Waals surface area contributed by atoms with E-state index in [0.29, 0.717) is 13.0 Å². The number of aliphatic carboxylic acids is 1. The van der Waals surface area contributed by atoms with Crippen LogP contribution in [0.15, 0.2) is 22.7 Å². The van der Waals surface area contributed by atoms with Crippen LogP contribution in [0.2, 0.25) is 0 Å². The van der Waals surface area contributed by atoms with Crippen molar-refractivity contribution in [2.24, 2.45) is 0 Å². The maximum atomic E-state index is 10.5. The minimum Gasteiger partial charge on any atom is -0.481 e. The lowest BCUT2D eigenvalue weighted by molar-refractivity contribution is -0.137. The molecule has 1 aromatic rings. The van der Waals surface area contributed by atoms with Crippen LogP contribution >= 0.6 is 15.9 Å². The molecule has 0 aliphatic rings. The molecule has 18 heavy (non-hydrogen) atoms. The van der Waals surface area contributed by atoms with E-state index in [0.717, 1.165) is 15.7 Å². The number of benzene rings is 1. The van der Waals surface area contributed by atoms with Gasteiger partial charge in [0.1, 0.15) is 0 Å². The number of hydrogen-bond acceptors (Lipinski definition) is 3. The molecule has 0 aliphatic heterocycles. The quantitative estimate of drug-likeness (QED) is 0.811. The van der Waals surface area contributed by atoms with Crippen molar-refractivity contribution in [2.75, 3.05) is 12.4 Å². The Labute approximate surface area is 115 Å². The summed E-state index contributed by atoms with van der Waals surface area (Å²) < 4.78 is 6.15. The minimum absolute atomic E-state index is 0.103. The second kappa shape index (κ2) is 7.38. The summed E-state index contributed by atoms with van der Waals surface area (Å²) in [7, 11) is 1.65. The molecule has 0 aromatic heterocycles. The maximum absolute atomic E-state index is 10.5. The smallest absolute Gasteiger partial charge is 0.303 e. The van der Waals surface area contributed by atoms with E-state index in [1.807, 2.05) is 25.1 Å². The lowest BCUT2D eigenvalue weighted by Crippen LogP contribution is -2.17. The number of anilines is 1. The van der Waals surface area contributed by atoms with Crippen molar-refractivity contribution >= 4 is 27.6 Å². The average Bonchev–Trinajstić information content (AvgIpc) is 2.31. The predicted octanol–water partition coefficient (Wildman–Crippen LogP) is 3.26. The van der Waals surface area contributed by atoms with Gasteiger partial charge in [0, 0.05) is 35.3 Å². The third kappa shape index (κ3) is 4.66. The number of rotatable bonds is 7. The Morgan fingerprint density at radius 3 is 2.89 bits per heavy atom. The molecule has 1 atom stereocenters. The Balaban J connectivity index is 2.71. The number of hydrogen-bond donors (Lipinski definition) is 2. The Bertz CT molecular complexity index is 409. The zero-order valence-corrected chi connectivity index (χ0v) is 12.2. The molecule has 2 N–H and O–H groups in total. The van der Waals surface area contributed by atoms with E-state index in [-0.39, 0.29) is 12.5 Å². The number of carboxylic acids is 1. The highest BCUT2D eigenvalue weighted by molar-refractivity contribution is 9.10. The van der Waals surface area contributed by atoms with Crippen LogP contribution in [0, 0.1) is 0 Å². The van der Waals surface area contributed by atoms with Crippen molar-refractivity contribution in [2.45, 2.75) is 32.4 Å². The fraction of sp³-hybridized carbons (Fsp3) is 0.462. The van der Waals surface area contributed by atoms with E-state index in [1.54, 1.807) is 7.11 Å². The number of ether oxygens (including phenoxy) is 1. The molecular weight excluding hydrogens is 298 g/mol. The van der Waals surface area contributed by atoms with Crippen LogP contribution in [-0.2, 0) is 16.1 Å². The minimum atomic E-state index is -0.769. The highest BCUT2D eigenvalue weighted by Gasteiger charge is 2.10. The van der Waals surface area contributed by atoms with Crippen LogP contribution in [-0.4, -0.2) is 24.2 Å². The van der Waals surface area contributed by atoms with Crippen LogP contribution in [0.25, 0.3) is 0 Å². The summed E-state index contributed by atoms with van der Waals surface area (Å²) in [6.45, 7) is 2.48. The summed E-state index contributed by atoms with van der Waals surface area (Å²) in [5, 5.41) is 12.0. The first-order valence-electron chi connectivity index (χ1n) is 5.79. The average molecular weight is 316 g/mol. The molecular formula is C13H18BrNO3. The van der Waals surface area contributed by atoms with Gasteiger partial charge in [-0.25, -0.2) is 0 Å². The fourth-order valence-corrected chi connectivity index (χ4v) is 2.14. The summed E-state index contributed by atoms with van der Waals surface area (Å²) in [5.74, 6) is -0.769. The van der Waals surface area contributed by atoms with Gasteiger partial charge in [-0.3, -0.25) is 4.79 Å². The van der Waals surface area contributed by atoms with Gasteiger partial charge in [0.2, 0.25) is 0 Å². The fourth-order valence-electron chi connectivity index (χ4n) is 1.66. The highest BCUT2D eigenvalue weighted by Crippen LogP contribution is 2.26. The lowest BCUT2D eigenvalue weighted by atomic mass is 10.1. The monoisotopic (exact) mass is 315 g/mol. The molecule has 0 aliphatic carbocycles. The lowest BCUT2D eigenvalue weighted by Gasteiger charge is -2.18. The van der Waals surface area contributed by atoms with E-state index in [2.05, 4.69) is 21.2 Å². The topological polar surface area (TPSA) is 58.6 Å². The summed E-state index contributed by atoms with van der Waals surface area (Å²) in [6.07, 6.45) is 0.760. The molecule has 0 heterocycles. The second-order valence-corrected chi connectivity index (χ2v) is 5.03. The molecule has 100 valence electrons. The van der Waals surface area contributed by atoms with Crippen molar-refractivity contribution in [1.29, 1.82) is 0 Å². The third-order valence-corrected chi connectivity index (χ3v) is 3.34. The molecule has 0 radical (unpaired) electrons. The van der Waals surface area contributed by atoms with Crippen molar-refractivity contribution in [1.82, 2.24) is 0 Å². The third-order valence-electron chi connectivity index (χ3n) is 2.60. The SMILES string of the molecule is COCc1c(Br)cccc1NC(C)CCC(=O)O. The van der Waals surface area contributed by atoms with Gasteiger partial charge >= 0.3 is 5.97 Å². The van der Waals surface area contributed by atoms with E-state index in [4.69, 9.17) is 9.84 Å². The summed E-state index contributed by atoms with van der Waals surface area (Å²) in [6, 6.07) is 5.97. The summed E-state index contributed by atoms with van der Waals surface area (Å²) in [5.41, 5.74) is 2.02. The van der Waals surface area contributed by atoms with Crippen molar-refractivity contribution in [3.63, 3.8) is 0 Å². The van der Waals surface area contributed by atoms with Crippen molar-refractivity contribution < 1.29 is 14.6 Å². The van der Waals surface area contributed by atoms with Gasteiger partial charge in [-0.1, -0.05) is 22.0 Å². The number of carbonyl (C=O) groups is 1. The van der Waals surface area contributed by atoms with Gasteiger partial charge in [-0.2, -0.15) is 0 Å². The first-order chi connectivity index (χ1) is 8.54. The Kier molecular flexibility index (Phi) is 6.15. The normalized spacial score (nSPS) is 12.2. The van der Waals surface area contributed by atoms with Gasteiger partial charge in [0.05, 0.1) is 6.61 Å². The molecule has 1 aromatic carbocycles. The van der Waals surface area contributed by atoms with Crippen LogP contribution in [0.5, 0.6) is 0 Å². The largest absolute Gasteiger partial charge is 0.481 e. The van der Waals surface area contributed by atoms with E-state index in [1.165, 1.54) is 0 Å². The Hall–Kier alpha value is -1.07. The summed E-state index contributed by atoms with van der Waals surface area (Å²) >= 11 is 3.49. The Morgan fingerprint density at radius 2 is 2.28 bits per heavy atom. The molecule has 0 saturated carbocycles. The molecule has 0 bridgehead atoms. The first-order valence-corrected chi connectivity index (χ1v) is 6.58. The van der Waals surface area contributed by atoms with Gasteiger partial charge in [0.15, 0.2) is 0 Å². The molecule has 0 spiro atoms. The zero-order chi connectivity index (χ0) is 13.5. The molecule has 1 rings (SSSR count). The number of carboxylic acid groups (broad SMARTS) is 1. The molecule has 4 nitrogen and oxygen atoms in total. The zero-order valence-electron chi connectivity index (χ0n) is 10.6. The van der Waals surface area contributed by atoms with Crippen LogP contribution in [0.4, 0.5) is 5.69 Å². The van der Waals surface area contributed by atoms with Crippen molar-refractivity contribution in [3.05, 3.63) is 28.2 Å². The Morgan fingerprint density at radius 1 is 1.56 bits per heavy atom. The standard InChI is InChI=1S/C13H18BrNO3/c1-9(6-7-13(16)17)15-12-5-3-4-11(14)10(12)8-18-2/h3-5,9,15H,6-8H2,1-2H3,(H,16,17). The van der Waals surface area contributed by atoms with E-state index >= 15 is 0 Å². The molecule has 0 amide bonds. The van der Waals surface area contributed by atoms with Gasteiger partial charge in [-0.05, 0) is 25.5 Å². The van der Waals surface area contributed by atoms with Crippen LogP contribution in [0.1, 0.15) is 25.3 Å². The maximum Gasteiger partial charge on any atom is 0.303 e.